The van der Waals surface area contributed by atoms with E-state index in [0.717, 1.165) is 0 Å². The van der Waals surface area contributed by atoms with Crippen LogP contribution >= 0.6 is 0 Å². The van der Waals surface area contributed by atoms with Crippen LogP contribution in [0.25, 0.3) is 0 Å². The van der Waals surface area contributed by atoms with Crippen LogP contribution < -0.4 is 0 Å². The molecule has 0 heterocycles. The fraction of sp³-hybridized carbons (Fsp3) is 0.200. The van der Waals surface area contributed by atoms with Gasteiger partial charge in [0.25, 0.3) is 0 Å². The monoisotopic (exact) mass is 300 g/mol. The van der Waals surface area contributed by atoms with Crippen molar-refractivity contribution in [3.63, 3.8) is 0 Å². The summed E-state index contributed by atoms with van der Waals surface area (Å²) < 4.78 is 55.5. The molecule has 21 heavy (non-hydrogen) atoms. The molecule has 0 aromatic heterocycles. The first-order chi connectivity index (χ1) is 9.85. The van der Waals surface area contributed by atoms with E-state index in [9.17, 15) is 17.6 Å². The molecule has 0 amide bonds. The Hall–Kier alpha value is -2.24. The van der Waals surface area contributed by atoms with Crippen LogP contribution in [0.1, 0.15) is 30.4 Å². The third-order valence-electron chi connectivity index (χ3n) is 3.23. The van der Waals surface area contributed by atoms with Gasteiger partial charge in [-0.15, -0.1) is 0 Å². The summed E-state index contributed by atoms with van der Waals surface area (Å²) in [6.07, 6.45) is 0.0250. The standard InChI is InChI=1S/C15H12F4O2/c1-2-9(14-10(16)3-7(20)4-11(14)17)15-12(18)5-8(21)6-13(15)19/h3-6,9,20-21H,2H2,1H3. The number of phenols is 2. The predicted octanol–water partition coefficient (Wildman–Crippen LogP) is 4.20. The smallest absolute Gasteiger partial charge is 0.133 e. The highest BCUT2D eigenvalue weighted by molar-refractivity contribution is 5.41. The number of benzene rings is 2. The second-order valence-electron chi connectivity index (χ2n) is 4.61. The topological polar surface area (TPSA) is 40.5 Å². The highest BCUT2D eigenvalue weighted by atomic mass is 19.1. The summed E-state index contributed by atoms with van der Waals surface area (Å²) in [6.45, 7) is 1.52. The number of halogens is 4. The first-order valence-electron chi connectivity index (χ1n) is 6.21. The Morgan fingerprint density at radius 1 is 0.762 bits per heavy atom. The molecule has 2 aromatic carbocycles. The van der Waals surface area contributed by atoms with Crippen LogP contribution in [0.4, 0.5) is 17.6 Å². The summed E-state index contributed by atoms with van der Waals surface area (Å²) in [7, 11) is 0. The van der Waals surface area contributed by atoms with E-state index >= 15 is 0 Å². The quantitative estimate of drug-likeness (QED) is 0.834. The van der Waals surface area contributed by atoms with Crippen molar-refractivity contribution in [2.45, 2.75) is 19.3 Å². The summed E-state index contributed by atoms with van der Waals surface area (Å²) in [5.74, 6) is -6.81. The summed E-state index contributed by atoms with van der Waals surface area (Å²) in [5, 5.41) is 18.3. The van der Waals surface area contributed by atoms with E-state index in [4.69, 9.17) is 10.2 Å². The lowest BCUT2D eigenvalue weighted by molar-refractivity contribution is 0.444. The Morgan fingerprint density at radius 2 is 1.05 bits per heavy atom. The lowest BCUT2D eigenvalue weighted by atomic mass is 9.87. The predicted molar refractivity (Wildman–Crippen MR) is 68.2 cm³/mol. The minimum absolute atomic E-state index is 0.0250. The van der Waals surface area contributed by atoms with Crippen LogP contribution in [0, 0.1) is 23.3 Å². The van der Waals surface area contributed by atoms with Gasteiger partial charge < -0.3 is 10.2 Å². The molecule has 2 nitrogen and oxygen atoms in total. The van der Waals surface area contributed by atoms with Gasteiger partial charge in [-0.05, 0) is 6.42 Å². The molecule has 0 aliphatic heterocycles. The molecule has 0 fully saturated rings. The average molecular weight is 300 g/mol. The van der Waals surface area contributed by atoms with E-state index in [0.29, 0.717) is 24.3 Å². The summed E-state index contributed by atoms with van der Waals surface area (Å²) >= 11 is 0. The molecule has 0 radical (unpaired) electrons. The first-order valence-corrected chi connectivity index (χ1v) is 6.21. The molecule has 112 valence electrons. The van der Waals surface area contributed by atoms with E-state index in [-0.39, 0.29) is 6.42 Å². The van der Waals surface area contributed by atoms with E-state index in [2.05, 4.69) is 0 Å². The number of phenolic OH excluding ortho intramolecular Hbond substituents is 2. The van der Waals surface area contributed by atoms with E-state index in [1.54, 1.807) is 0 Å². The van der Waals surface area contributed by atoms with Crippen LogP contribution in [0.5, 0.6) is 11.5 Å². The Kier molecular flexibility index (Phi) is 4.06. The van der Waals surface area contributed by atoms with Crippen molar-refractivity contribution in [2.75, 3.05) is 0 Å². The number of hydrogen-bond acceptors (Lipinski definition) is 2. The van der Waals surface area contributed by atoms with Crippen LogP contribution in [0.3, 0.4) is 0 Å². The molecular formula is C15H12F4O2. The number of rotatable bonds is 3. The zero-order valence-electron chi connectivity index (χ0n) is 11.0. The van der Waals surface area contributed by atoms with E-state index in [1.165, 1.54) is 6.92 Å². The SMILES string of the molecule is CCC(c1c(F)cc(O)cc1F)c1c(F)cc(O)cc1F. The Bertz CT molecular complexity index is 582. The lowest BCUT2D eigenvalue weighted by Gasteiger charge is -2.19. The molecule has 0 saturated heterocycles. The highest BCUT2D eigenvalue weighted by Crippen LogP contribution is 2.37. The van der Waals surface area contributed by atoms with Crippen LogP contribution in [0.2, 0.25) is 0 Å². The van der Waals surface area contributed by atoms with Crippen molar-refractivity contribution in [3.05, 3.63) is 58.7 Å². The van der Waals surface area contributed by atoms with Gasteiger partial charge in [-0.1, -0.05) is 6.92 Å². The molecule has 0 spiro atoms. The zero-order chi connectivity index (χ0) is 15.7. The Morgan fingerprint density at radius 3 is 1.29 bits per heavy atom. The third-order valence-corrected chi connectivity index (χ3v) is 3.23. The summed E-state index contributed by atoms with van der Waals surface area (Å²) in [5.41, 5.74) is -1.06. The van der Waals surface area contributed by atoms with Crippen molar-refractivity contribution in [2.24, 2.45) is 0 Å². The third kappa shape index (κ3) is 2.79. The van der Waals surface area contributed by atoms with Gasteiger partial charge >= 0.3 is 0 Å². The average Bonchev–Trinajstić information content (AvgIpc) is 2.34. The fourth-order valence-corrected chi connectivity index (χ4v) is 2.36. The van der Waals surface area contributed by atoms with Gasteiger partial charge in [0.2, 0.25) is 0 Å². The maximum Gasteiger partial charge on any atom is 0.133 e. The van der Waals surface area contributed by atoms with Crippen LogP contribution in [-0.4, -0.2) is 10.2 Å². The summed E-state index contributed by atoms with van der Waals surface area (Å²) in [6, 6.07) is 2.71. The first kappa shape index (κ1) is 15.2. The molecule has 0 unspecified atom stereocenters. The molecule has 0 saturated carbocycles. The van der Waals surface area contributed by atoms with Gasteiger partial charge in [-0.3, -0.25) is 0 Å². The largest absolute Gasteiger partial charge is 0.508 e. The number of aromatic hydroxyl groups is 2. The molecule has 0 aliphatic rings. The molecule has 2 rings (SSSR count). The minimum Gasteiger partial charge on any atom is -0.508 e. The molecule has 0 aliphatic carbocycles. The van der Waals surface area contributed by atoms with Gasteiger partial charge in [0.1, 0.15) is 34.8 Å². The van der Waals surface area contributed by atoms with Crippen LogP contribution in [-0.2, 0) is 0 Å². The maximum absolute atomic E-state index is 13.9. The molecule has 0 bridgehead atoms. The Balaban J connectivity index is 2.66. The van der Waals surface area contributed by atoms with Crippen molar-refractivity contribution in [1.82, 2.24) is 0 Å². The lowest BCUT2D eigenvalue weighted by Crippen LogP contribution is -2.10. The fourth-order valence-electron chi connectivity index (χ4n) is 2.36. The van der Waals surface area contributed by atoms with Gasteiger partial charge in [0.05, 0.1) is 0 Å². The van der Waals surface area contributed by atoms with Gasteiger partial charge in [0, 0.05) is 41.3 Å². The number of hydrogen-bond donors (Lipinski definition) is 2. The molecular weight excluding hydrogens is 288 g/mol. The van der Waals surface area contributed by atoms with Crippen molar-refractivity contribution in [3.8, 4) is 11.5 Å². The minimum atomic E-state index is -1.22. The van der Waals surface area contributed by atoms with Gasteiger partial charge in [-0.25, -0.2) is 17.6 Å². The van der Waals surface area contributed by atoms with E-state index < -0.39 is 51.8 Å². The second kappa shape index (κ2) is 5.63. The summed E-state index contributed by atoms with van der Waals surface area (Å²) in [4.78, 5) is 0. The second-order valence-corrected chi connectivity index (χ2v) is 4.61. The van der Waals surface area contributed by atoms with Crippen molar-refractivity contribution >= 4 is 0 Å². The normalized spacial score (nSPS) is 11.1. The van der Waals surface area contributed by atoms with Gasteiger partial charge in [-0.2, -0.15) is 0 Å². The zero-order valence-corrected chi connectivity index (χ0v) is 11.0. The molecule has 2 aromatic rings. The van der Waals surface area contributed by atoms with E-state index in [1.807, 2.05) is 0 Å². The molecule has 0 atom stereocenters. The molecule has 6 heteroatoms. The Labute approximate surface area is 118 Å². The molecule has 2 N–H and O–H groups in total. The van der Waals surface area contributed by atoms with Crippen molar-refractivity contribution in [1.29, 1.82) is 0 Å². The maximum atomic E-state index is 13.9. The van der Waals surface area contributed by atoms with Crippen molar-refractivity contribution < 1.29 is 27.8 Å². The van der Waals surface area contributed by atoms with Crippen LogP contribution in [0.15, 0.2) is 24.3 Å². The highest BCUT2D eigenvalue weighted by Gasteiger charge is 2.27. The van der Waals surface area contributed by atoms with Gasteiger partial charge in [0.15, 0.2) is 0 Å².